The smallest absolute Gasteiger partial charge is 0.0547 e. The van der Waals surface area contributed by atoms with Gasteiger partial charge in [0.05, 0.1) is 44.1 Å². The molecule has 0 N–H and O–H groups in total. The minimum atomic E-state index is 1.14. The van der Waals surface area contributed by atoms with E-state index in [1.165, 1.54) is 132 Å². The molecule has 0 saturated carbocycles. The van der Waals surface area contributed by atoms with Crippen LogP contribution < -0.4 is 0 Å². The van der Waals surface area contributed by atoms with Crippen molar-refractivity contribution in [2.45, 2.75) is 0 Å². The van der Waals surface area contributed by atoms with Crippen LogP contribution >= 0.6 is 0 Å². The summed E-state index contributed by atoms with van der Waals surface area (Å²) in [6.45, 7) is 0. The number of aromatic nitrogens is 4. The van der Waals surface area contributed by atoms with Crippen LogP contribution in [0.2, 0.25) is 0 Å². The predicted molar refractivity (Wildman–Crippen MR) is 319 cm³/mol. The fourth-order valence-electron chi connectivity index (χ4n) is 13.3. The van der Waals surface area contributed by atoms with Gasteiger partial charge in [0.15, 0.2) is 0 Å². The number of nitrogens with zero attached hydrogens (tertiary/aromatic N) is 4. The summed E-state index contributed by atoms with van der Waals surface area (Å²) in [7, 11) is 0. The van der Waals surface area contributed by atoms with Crippen molar-refractivity contribution in [1.82, 2.24) is 18.3 Å². The highest BCUT2D eigenvalue weighted by Gasteiger charge is 2.30. The number of hydrogen-bond acceptors (Lipinski definition) is 0. The van der Waals surface area contributed by atoms with Crippen LogP contribution in [0.15, 0.2) is 267 Å². The highest BCUT2D eigenvalue weighted by Crippen LogP contribution is 2.54. The molecule has 1 aliphatic rings. The van der Waals surface area contributed by atoms with Gasteiger partial charge in [-0.25, -0.2) is 0 Å². The molecule has 0 unspecified atom stereocenters. The molecule has 0 amide bonds. The van der Waals surface area contributed by atoms with Crippen LogP contribution in [0, 0.1) is 0 Å². The van der Waals surface area contributed by atoms with Crippen LogP contribution in [-0.2, 0) is 0 Å². The minimum absolute atomic E-state index is 1.14. The maximum atomic E-state index is 2.53. The average molecular weight is 965 g/mol. The Labute approximate surface area is 437 Å². The van der Waals surface area contributed by atoms with Gasteiger partial charge in [0.25, 0.3) is 0 Å². The quantitative estimate of drug-likeness (QED) is 0.167. The standard InChI is InChI=1S/C72H44N4/c1-5-21-45(22-6-1)73-65-33-17-13-29-49(65)61-37-53-54-38-62-50-30-14-19-35-67(50)75(47-25-9-3-10-26-47)71(62)43-59(54)60-44-72-64(52-32-16-20-36-68(52)76(72)48-27-11-4-12-28-48)40-56(60)55-39-63-51-31-15-18-34-66(51)74(46-23-7-2-8-24-46)70(63)42-58(55)57(53)41-69(61)73/h1-44H. The summed E-state index contributed by atoms with van der Waals surface area (Å²) in [6, 6.07) is 99.5. The molecule has 0 aliphatic heterocycles. The molecule has 0 spiro atoms. The van der Waals surface area contributed by atoms with Crippen molar-refractivity contribution in [2.75, 3.05) is 0 Å². The van der Waals surface area contributed by atoms with E-state index in [4.69, 9.17) is 0 Å². The molecule has 1 aliphatic carbocycles. The van der Waals surface area contributed by atoms with E-state index in [1.54, 1.807) is 0 Å². The monoisotopic (exact) mass is 964 g/mol. The summed E-state index contributed by atoms with van der Waals surface area (Å²) in [4.78, 5) is 0. The summed E-state index contributed by atoms with van der Waals surface area (Å²) < 4.78 is 9.87. The molecule has 12 aromatic carbocycles. The summed E-state index contributed by atoms with van der Waals surface area (Å²) in [5.41, 5.74) is 23.6. The fourth-order valence-corrected chi connectivity index (χ4v) is 13.3. The molecule has 17 rings (SSSR count). The zero-order chi connectivity index (χ0) is 49.6. The van der Waals surface area contributed by atoms with Gasteiger partial charge < -0.3 is 18.3 Å². The third-order valence-corrected chi connectivity index (χ3v) is 16.5. The normalized spacial score (nSPS) is 12.2. The molecule has 0 saturated heterocycles. The van der Waals surface area contributed by atoms with E-state index in [1.807, 2.05) is 0 Å². The minimum Gasteiger partial charge on any atom is -0.309 e. The molecule has 352 valence electrons. The number of rotatable bonds is 4. The summed E-state index contributed by atoms with van der Waals surface area (Å²) in [5, 5.41) is 9.78. The summed E-state index contributed by atoms with van der Waals surface area (Å²) in [5.74, 6) is 0. The molecule has 4 heterocycles. The molecular formula is C72H44N4. The van der Waals surface area contributed by atoms with Gasteiger partial charge in [0.1, 0.15) is 0 Å². The third-order valence-electron chi connectivity index (χ3n) is 16.5. The van der Waals surface area contributed by atoms with E-state index in [0.717, 1.165) is 22.7 Å². The van der Waals surface area contributed by atoms with Crippen LogP contribution in [0.25, 0.3) is 154 Å². The van der Waals surface area contributed by atoms with E-state index in [9.17, 15) is 0 Å². The Morgan fingerprint density at radius 2 is 0.329 bits per heavy atom. The second-order valence-corrected chi connectivity index (χ2v) is 20.4. The van der Waals surface area contributed by atoms with Crippen LogP contribution in [0.5, 0.6) is 0 Å². The van der Waals surface area contributed by atoms with Crippen molar-refractivity contribution in [3.05, 3.63) is 267 Å². The van der Waals surface area contributed by atoms with Crippen LogP contribution in [-0.4, -0.2) is 18.3 Å². The lowest BCUT2D eigenvalue weighted by Crippen LogP contribution is -2.01. The molecule has 76 heavy (non-hydrogen) atoms. The number of hydrogen-bond donors (Lipinski definition) is 0. The summed E-state index contributed by atoms with van der Waals surface area (Å²) in [6.07, 6.45) is 0. The van der Waals surface area contributed by atoms with Gasteiger partial charge in [-0.2, -0.15) is 0 Å². The lowest BCUT2D eigenvalue weighted by atomic mass is 9.79. The van der Waals surface area contributed by atoms with Crippen LogP contribution in [0.3, 0.4) is 0 Å². The molecule has 0 radical (unpaired) electrons. The Hall–Kier alpha value is -10.2. The number of benzene rings is 12. The second kappa shape index (κ2) is 15.7. The van der Waals surface area contributed by atoms with Gasteiger partial charge in [-0.3, -0.25) is 0 Å². The highest BCUT2D eigenvalue weighted by molar-refractivity contribution is 6.22. The maximum Gasteiger partial charge on any atom is 0.0547 e. The molecule has 4 heteroatoms. The van der Waals surface area contributed by atoms with Crippen molar-refractivity contribution in [1.29, 1.82) is 0 Å². The van der Waals surface area contributed by atoms with Gasteiger partial charge in [0.2, 0.25) is 0 Å². The van der Waals surface area contributed by atoms with E-state index in [-0.39, 0.29) is 0 Å². The Kier molecular flexibility index (Phi) is 8.52. The van der Waals surface area contributed by atoms with E-state index < -0.39 is 0 Å². The zero-order valence-corrected chi connectivity index (χ0v) is 41.2. The van der Waals surface area contributed by atoms with E-state index >= 15 is 0 Å². The first-order valence-corrected chi connectivity index (χ1v) is 26.3. The van der Waals surface area contributed by atoms with Crippen molar-refractivity contribution in [3.8, 4) is 67.3 Å². The highest BCUT2D eigenvalue weighted by atomic mass is 15.0. The van der Waals surface area contributed by atoms with E-state index in [2.05, 4.69) is 285 Å². The SMILES string of the molecule is c1ccc(-n2c3ccccc3c3cc4c(cc32)-c2cc3c(cc2-c2cc5c6ccccc6n(-c6ccccc6)c5cc2-c2cc5c(cc2-4)c2ccccc2n5-c2ccccc2)c2ccccc2n3-c2ccccc2)cc1. The topological polar surface area (TPSA) is 19.7 Å². The van der Waals surface area contributed by atoms with Gasteiger partial charge in [-0.1, -0.05) is 146 Å². The van der Waals surface area contributed by atoms with Gasteiger partial charge in [-0.05, 0) is 166 Å². The van der Waals surface area contributed by atoms with Crippen LogP contribution in [0.4, 0.5) is 0 Å². The number of para-hydroxylation sites is 8. The molecule has 4 aromatic heterocycles. The Bertz CT molecular complexity index is 4430. The number of fused-ring (bicyclic) bond motifs is 20. The molecule has 4 nitrogen and oxygen atoms in total. The van der Waals surface area contributed by atoms with E-state index in [0.29, 0.717) is 0 Å². The van der Waals surface area contributed by atoms with Crippen LogP contribution in [0.1, 0.15) is 0 Å². The largest absolute Gasteiger partial charge is 0.309 e. The fraction of sp³-hybridized carbons (Fsp3) is 0. The van der Waals surface area contributed by atoms with Gasteiger partial charge in [0, 0.05) is 65.8 Å². The van der Waals surface area contributed by atoms with Crippen molar-refractivity contribution in [2.24, 2.45) is 0 Å². The Balaban J connectivity index is 1.11. The first kappa shape index (κ1) is 41.3. The lowest BCUT2D eigenvalue weighted by Gasteiger charge is -2.25. The molecule has 0 atom stereocenters. The van der Waals surface area contributed by atoms with Crippen molar-refractivity contribution in [3.63, 3.8) is 0 Å². The van der Waals surface area contributed by atoms with Crippen molar-refractivity contribution < 1.29 is 0 Å². The lowest BCUT2D eigenvalue weighted by molar-refractivity contribution is 1.18. The summed E-state index contributed by atoms with van der Waals surface area (Å²) >= 11 is 0. The average Bonchev–Trinajstić information content (AvgIpc) is 4.22. The Morgan fingerprint density at radius 1 is 0.145 bits per heavy atom. The zero-order valence-electron chi connectivity index (χ0n) is 41.2. The maximum absolute atomic E-state index is 2.53. The molecule has 0 fully saturated rings. The predicted octanol–water partition coefficient (Wildman–Crippen LogP) is 19.1. The molecule has 16 aromatic rings. The Morgan fingerprint density at radius 3 is 0.553 bits per heavy atom. The van der Waals surface area contributed by atoms with Gasteiger partial charge in [-0.15, -0.1) is 0 Å². The van der Waals surface area contributed by atoms with Gasteiger partial charge >= 0.3 is 0 Å². The first-order valence-electron chi connectivity index (χ1n) is 26.3. The molecule has 0 bridgehead atoms. The molecular weight excluding hydrogens is 921 g/mol. The van der Waals surface area contributed by atoms with Crippen molar-refractivity contribution >= 4 is 87.2 Å². The first-order chi connectivity index (χ1) is 37.7. The third kappa shape index (κ3) is 5.73. The second-order valence-electron chi connectivity index (χ2n) is 20.4.